The van der Waals surface area contributed by atoms with Crippen LogP contribution in [0.15, 0.2) is 24.3 Å². The van der Waals surface area contributed by atoms with E-state index < -0.39 is 5.97 Å². The van der Waals surface area contributed by atoms with Crippen molar-refractivity contribution in [2.45, 2.75) is 51.5 Å². The lowest BCUT2D eigenvalue weighted by Gasteiger charge is -2.24. The van der Waals surface area contributed by atoms with Gasteiger partial charge >= 0.3 is 5.97 Å². The van der Waals surface area contributed by atoms with Crippen molar-refractivity contribution >= 4 is 5.97 Å². The highest BCUT2D eigenvalue weighted by molar-refractivity contribution is 5.66. The molecule has 1 aromatic rings. The maximum absolute atomic E-state index is 10.5. The van der Waals surface area contributed by atoms with Gasteiger partial charge < -0.3 is 10.0 Å². The average molecular weight is 275 g/mol. The van der Waals surface area contributed by atoms with Crippen LogP contribution >= 0.6 is 0 Å². The molecule has 0 spiro atoms. The van der Waals surface area contributed by atoms with Crippen molar-refractivity contribution in [2.24, 2.45) is 0 Å². The van der Waals surface area contributed by atoms with Gasteiger partial charge in [-0.2, -0.15) is 0 Å². The molecule has 0 aromatic heterocycles. The number of hydrogen-bond acceptors (Lipinski definition) is 2. The molecule has 1 atom stereocenters. The Labute approximate surface area is 121 Å². The first-order chi connectivity index (χ1) is 9.65. The molecule has 1 N–H and O–H groups in total. The van der Waals surface area contributed by atoms with Crippen LogP contribution in [0, 0.1) is 6.92 Å². The van der Waals surface area contributed by atoms with E-state index in [2.05, 4.69) is 36.1 Å². The van der Waals surface area contributed by atoms with Gasteiger partial charge in [0.25, 0.3) is 0 Å². The van der Waals surface area contributed by atoms with Crippen molar-refractivity contribution in [3.63, 3.8) is 0 Å². The molecule has 1 fully saturated rings. The van der Waals surface area contributed by atoms with E-state index in [1.54, 1.807) is 0 Å². The number of aryl methyl sites for hydroxylation is 1. The van der Waals surface area contributed by atoms with Crippen LogP contribution in [0.4, 0.5) is 0 Å². The first kappa shape index (κ1) is 15.0. The molecule has 1 heterocycles. The summed E-state index contributed by atoms with van der Waals surface area (Å²) in [6, 6.07) is 9.47. The van der Waals surface area contributed by atoms with Crippen LogP contribution in [-0.2, 0) is 11.2 Å². The lowest BCUT2D eigenvalue weighted by molar-refractivity contribution is -0.137. The Morgan fingerprint density at radius 2 is 2.05 bits per heavy atom. The molecule has 0 amide bonds. The van der Waals surface area contributed by atoms with Gasteiger partial charge in [-0.15, -0.1) is 0 Å². The Kier molecular flexibility index (Phi) is 5.60. The van der Waals surface area contributed by atoms with Crippen molar-refractivity contribution in [1.29, 1.82) is 0 Å². The predicted octanol–water partition coefficient (Wildman–Crippen LogP) is 3.26. The molecule has 1 aromatic carbocycles. The van der Waals surface area contributed by atoms with E-state index in [0.29, 0.717) is 12.5 Å². The highest BCUT2D eigenvalue weighted by Crippen LogP contribution is 2.22. The van der Waals surface area contributed by atoms with Gasteiger partial charge in [-0.1, -0.05) is 29.8 Å². The summed E-state index contributed by atoms with van der Waals surface area (Å²) in [5, 5.41) is 8.66. The zero-order valence-electron chi connectivity index (χ0n) is 12.3. The molecule has 20 heavy (non-hydrogen) atoms. The largest absolute Gasteiger partial charge is 0.481 e. The maximum atomic E-state index is 10.5. The Morgan fingerprint density at radius 1 is 1.30 bits per heavy atom. The van der Waals surface area contributed by atoms with E-state index in [1.165, 1.54) is 30.5 Å². The topological polar surface area (TPSA) is 40.5 Å². The molecule has 2 rings (SSSR count). The fraction of sp³-hybridized carbons (Fsp3) is 0.588. The van der Waals surface area contributed by atoms with Gasteiger partial charge in [-0.05, 0) is 57.7 Å². The second-order valence-electron chi connectivity index (χ2n) is 5.87. The Bertz CT molecular complexity index is 427. The number of hydrogen-bond donors (Lipinski definition) is 1. The van der Waals surface area contributed by atoms with E-state index >= 15 is 0 Å². The number of nitrogens with zero attached hydrogens (tertiary/aromatic N) is 1. The third-order valence-electron chi connectivity index (χ3n) is 4.18. The minimum absolute atomic E-state index is 0.302. The normalized spacial score (nSPS) is 19.4. The summed E-state index contributed by atoms with van der Waals surface area (Å²) in [5.74, 6) is -0.678. The lowest BCUT2D eigenvalue weighted by atomic mass is 10.0. The van der Waals surface area contributed by atoms with Gasteiger partial charge in [0.15, 0.2) is 0 Å². The van der Waals surface area contributed by atoms with Crippen molar-refractivity contribution < 1.29 is 9.90 Å². The second kappa shape index (κ2) is 7.44. The molecule has 3 heteroatoms. The third-order valence-corrected chi connectivity index (χ3v) is 4.18. The highest BCUT2D eigenvalue weighted by atomic mass is 16.4. The van der Waals surface area contributed by atoms with Crippen LogP contribution in [0.25, 0.3) is 0 Å². The number of aliphatic carboxylic acids is 1. The van der Waals surface area contributed by atoms with Crippen molar-refractivity contribution in [2.75, 3.05) is 13.1 Å². The summed E-state index contributed by atoms with van der Waals surface area (Å²) in [6.07, 6.45) is 5.76. The van der Waals surface area contributed by atoms with Crippen LogP contribution in [0.5, 0.6) is 0 Å². The van der Waals surface area contributed by atoms with Crippen LogP contribution in [0.1, 0.15) is 43.2 Å². The standard InChI is InChI=1S/C17H25NO2/c1-14-7-9-15(10-8-14)13-16-5-4-12-18(16)11-3-2-6-17(19)20/h7-10,16H,2-6,11-13H2,1H3,(H,19,20). The summed E-state index contributed by atoms with van der Waals surface area (Å²) >= 11 is 0. The summed E-state index contributed by atoms with van der Waals surface area (Å²) in [5.41, 5.74) is 2.73. The van der Waals surface area contributed by atoms with Crippen LogP contribution in [-0.4, -0.2) is 35.1 Å². The second-order valence-corrected chi connectivity index (χ2v) is 5.87. The molecule has 0 aliphatic carbocycles. The highest BCUT2D eigenvalue weighted by Gasteiger charge is 2.23. The molecule has 110 valence electrons. The van der Waals surface area contributed by atoms with Gasteiger partial charge in [0.05, 0.1) is 0 Å². The SMILES string of the molecule is Cc1ccc(CC2CCCN2CCCCC(=O)O)cc1. The number of likely N-dealkylation sites (tertiary alicyclic amines) is 1. The predicted molar refractivity (Wildman–Crippen MR) is 81.0 cm³/mol. The number of carbonyl (C=O) groups is 1. The van der Waals surface area contributed by atoms with E-state index in [0.717, 1.165) is 25.8 Å². The Hall–Kier alpha value is -1.35. The van der Waals surface area contributed by atoms with Crippen molar-refractivity contribution in [3.8, 4) is 0 Å². The molecular weight excluding hydrogens is 250 g/mol. The zero-order valence-corrected chi connectivity index (χ0v) is 12.3. The van der Waals surface area contributed by atoms with E-state index in [4.69, 9.17) is 5.11 Å². The molecule has 1 aliphatic heterocycles. The number of rotatable bonds is 7. The molecule has 0 bridgehead atoms. The van der Waals surface area contributed by atoms with Gasteiger partial charge in [0.1, 0.15) is 0 Å². The van der Waals surface area contributed by atoms with E-state index in [1.807, 2.05) is 0 Å². The summed E-state index contributed by atoms with van der Waals surface area (Å²) < 4.78 is 0. The Balaban J connectivity index is 1.78. The smallest absolute Gasteiger partial charge is 0.303 e. The fourth-order valence-corrected chi connectivity index (χ4v) is 3.01. The molecule has 1 aliphatic rings. The summed E-state index contributed by atoms with van der Waals surface area (Å²) in [7, 11) is 0. The van der Waals surface area contributed by atoms with Gasteiger partial charge in [-0.25, -0.2) is 0 Å². The average Bonchev–Trinajstić information content (AvgIpc) is 2.85. The Morgan fingerprint density at radius 3 is 2.75 bits per heavy atom. The lowest BCUT2D eigenvalue weighted by Crippen LogP contribution is -2.32. The van der Waals surface area contributed by atoms with Crippen molar-refractivity contribution in [1.82, 2.24) is 4.90 Å². The number of unbranched alkanes of at least 4 members (excludes halogenated alkanes) is 1. The fourth-order valence-electron chi connectivity index (χ4n) is 3.01. The molecule has 1 unspecified atom stereocenters. The van der Waals surface area contributed by atoms with Gasteiger partial charge in [0.2, 0.25) is 0 Å². The minimum Gasteiger partial charge on any atom is -0.481 e. The maximum Gasteiger partial charge on any atom is 0.303 e. The first-order valence-corrected chi connectivity index (χ1v) is 7.66. The summed E-state index contributed by atoms with van der Waals surface area (Å²) in [6.45, 7) is 4.33. The van der Waals surface area contributed by atoms with Gasteiger partial charge in [-0.3, -0.25) is 4.79 Å². The quantitative estimate of drug-likeness (QED) is 0.777. The molecular formula is C17H25NO2. The monoisotopic (exact) mass is 275 g/mol. The molecule has 3 nitrogen and oxygen atoms in total. The number of carboxylic acids is 1. The zero-order chi connectivity index (χ0) is 14.4. The van der Waals surface area contributed by atoms with E-state index in [-0.39, 0.29) is 0 Å². The summed E-state index contributed by atoms with van der Waals surface area (Å²) in [4.78, 5) is 13.1. The van der Waals surface area contributed by atoms with E-state index in [9.17, 15) is 4.79 Å². The number of benzene rings is 1. The van der Waals surface area contributed by atoms with Crippen LogP contribution in [0.2, 0.25) is 0 Å². The minimum atomic E-state index is -0.678. The molecule has 1 saturated heterocycles. The number of carboxylic acid groups (broad SMARTS) is 1. The molecule has 0 radical (unpaired) electrons. The first-order valence-electron chi connectivity index (χ1n) is 7.66. The van der Waals surface area contributed by atoms with Crippen molar-refractivity contribution in [3.05, 3.63) is 35.4 Å². The van der Waals surface area contributed by atoms with Crippen LogP contribution < -0.4 is 0 Å². The third kappa shape index (κ3) is 4.64. The molecule has 0 saturated carbocycles. The van der Waals surface area contributed by atoms with Crippen LogP contribution in [0.3, 0.4) is 0 Å². The van der Waals surface area contributed by atoms with Gasteiger partial charge in [0, 0.05) is 12.5 Å².